The van der Waals surface area contributed by atoms with Gasteiger partial charge in [-0.3, -0.25) is 0 Å². The zero-order valence-corrected chi connectivity index (χ0v) is 19.0. The lowest BCUT2D eigenvalue weighted by atomic mass is 10.00. The number of hydrogen-bond donors (Lipinski definition) is 0. The van der Waals surface area contributed by atoms with Gasteiger partial charge >= 0.3 is 0 Å². The van der Waals surface area contributed by atoms with E-state index in [0.29, 0.717) is 12.4 Å². The molecular formula is C26H45FO. The van der Waals surface area contributed by atoms with E-state index in [4.69, 9.17) is 4.74 Å². The van der Waals surface area contributed by atoms with Gasteiger partial charge in [0.05, 0.1) is 6.61 Å². The molecule has 0 aliphatic carbocycles. The van der Waals surface area contributed by atoms with Crippen LogP contribution in [-0.2, 0) is 6.42 Å². The molecule has 0 saturated heterocycles. The average molecular weight is 393 g/mol. The van der Waals surface area contributed by atoms with Gasteiger partial charge in [0.1, 0.15) is 0 Å². The third kappa shape index (κ3) is 11.1. The molecule has 2 heteroatoms. The lowest BCUT2D eigenvalue weighted by Gasteiger charge is -2.12. The van der Waals surface area contributed by atoms with E-state index in [-0.39, 0.29) is 5.82 Å². The molecule has 0 unspecified atom stereocenters. The predicted molar refractivity (Wildman–Crippen MR) is 121 cm³/mol. The number of unbranched alkanes of at least 4 members (excludes halogenated alkanes) is 13. The molecule has 0 heterocycles. The molecule has 0 amide bonds. The lowest BCUT2D eigenvalue weighted by Crippen LogP contribution is -2.02. The third-order valence-corrected chi connectivity index (χ3v) is 5.77. The fourth-order valence-electron chi connectivity index (χ4n) is 3.77. The number of hydrogen-bond acceptors (Lipinski definition) is 1. The summed E-state index contributed by atoms with van der Waals surface area (Å²) in [4.78, 5) is 0. The summed E-state index contributed by atoms with van der Waals surface area (Å²) in [6, 6.07) is 3.91. The van der Waals surface area contributed by atoms with Crippen LogP contribution in [0.25, 0.3) is 0 Å². The van der Waals surface area contributed by atoms with Crippen molar-refractivity contribution < 1.29 is 9.13 Å². The molecule has 0 aromatic heterocycles. The molecule has 0 bridgehead atoms. The van der Waals surface area contributed by atoms with Crippen molar-refractivity contribution in [2.75, 3.05) is 6.61 Å². The minimum atomic E-state index is -0.153. The first kappa shape index (κ1) is 25.0. The monoisotopic (exact) mass is 392 g/mol. The highest BCUT2D eigenvalue weighted by molar-refractivity contribution is 5.37. The van der Waals surface area contributed by atoms with Crippen molar-refractivity contribution >= 4 is 0 Å². The summed E-state index contributed by atoms with van der Waals surface area (Å²) in [6.45, 7) is 7.02. The maximum atomic E-state index is 14.6. The quantitative estimate of drug-likeness (QED) is 0.226. The van der Waals surface area contributed by atoms with E-state index in [2.05, 4.69) is 19.9 Å². The Morgan fingerprint density at radius 1 is 0.679 bits per heavy atom. The number of halogens is 1. The molecule has 0 fully saturated rings. The largest absolute Gasteiger partial charge is 0.491 e. The molecule has 28 heavy (non-hydrogen) atoms. The topological polar surface area (TPSA) is 9.23 Å². The molecule has 1 aromatic rings. The molecule has 0 atom stereocenters. The smallest absolute Gasteiger partial charge is 0.168 e. The first-order valence-corrected chi connectivity index (χ1v) is 12.1. The zero-order valence-electron chi connectivity index (χ0n) is 19.0. The van der Waals surface area contributed by atoms with Crippen LogP contribution in [0.15, 0.2) is 12.1 Å². The molecule has 0 aliphatic rings. The Labute approximate surface area is 174 Å². The Morgan fingerprint density at radius 3 is 1.75 bits per heavy atom. The maximum absolute atomic E-state index is 14.6. The first-order chi connectivity index (χ1) is 13.7. The lowest BCUT2D eigenvalue weighted by molar-refractivity contribution is 0.289. The Morgan fingerprint density at radius 2 is 1.18 bits per heavy atom. The Bertz CT molecular complexity index is 452. The van der Waals surface area contributed by atoms with Crippen LogP contribution in [0.3, 0.4) is 0 Å². The van der Waals surface area contributed by atoms with E-state index in [9.17, 15) is 4.39 Å². The molecule has 0 N–H and O–H groups in total. The second-order valence-corrected chi connectivity index (χ2v) is 8.36. The van der Waals surface area contributed by atoms with Gasteiger partial charge in [-0.05, 0) is 43.4 Å². The Kier molecular flexibility index (Phi) is 15.0. The number of aryl methyl sites for hydroxylation is 1. The molecule has 0 saturated carbocycles. The van der Waals surface area contributed by atoms with E-state index in [1.165, 1.54) is 83.5 Å². The van der Waals surface area contributed by atoms with E-state index in [1.54, 1.807) is 0 Å². The highest BCUT2D eigenvalue weighted by Gasteiger charge is 2.10. The van der Waals surface area contributed by atoms with Crippen molar-refractivity contribution in [2.24, 2.45) is 0 Å². The molecule has 1 rings (SSSR count). The van der Waals surface area contributed by atoms with Gasteiger partial charge < -0.3 is 4.74 Å². The first-order valence-electron chi connectivity index (χ1n) is 12.1. The minimum Gasteiger partial charge on any atom is -0.491 e. The standard InChI is InChI=1S/C26H45FO/c1-4-6-8-10-12-13-15-17-19-24-20-21-25(26(27)23(24)3)28-22-18-16-14-11-9-7-5-2/h20-21H,4-19,22H2,1-3H3. The minimum absolute atomic E-state index is 0.153. The van der Waals surface area contributed by atoms with Crippen LogP contribution in [-0.4, -0.2) is 6.61 Å². The SMILES string of the molecule is CCCCCCCCCCc1ccc(OCCCCCCCCC)c(F)c1C. The molecule has 1 nitrogen and oxygen atoms in total. The van der Waals surface area contributed by atoms with Crippen molar-refractivity contribution in [3.8, 4) is 5.75 Å². The number of rotatable bonds is 18. The van der Waals surface area contributed by atoms with Gasteiger partial charge in [0, 0.05) is 0 Å². The van der Waals surface area contributed by atoms with Gasteiger partial charge in [-0.2, -0.15) is 0 Å². The van der Waals surface area contributed by atoms with Crippen LogP contribution in [0.5, 0.6) is 5.75 Å². The van der Waals surface area contributed by atoms with E-state index >= 15 is 0 Å². The van der Waals surface area contributed by atoms with Crippen LogP contribution < -0.4 is 4.74 Å². The van der Waals surface area contributed by atoms with Crippen LogP contribution in [0.1, 0.15) is 121 Å². The molecule has 0 spiro atoms. The second-order valence-electron chi connectivity index (χ2n) is 8.36. The maximum Gasteiger partial charge on any atom is 0.168 e. The van der Waals surface area contributed by atoms with Crippen LogP contribution >= 0.6 is 0 Å². The normalized spacial score (nSPS) is 11.1. The molecular weight excluding hydrogens is 347 g/mol. The summed E-state index contributed by atoms with van der Waals surface area (Å²) in [7, 11) is 0. The second kappa shape index (κ2) is 16.9. The summed E-state index contributed by atoms with van der Waals surface area (Å²) in [6.07, 6.45) is 20.2. The number of ether oxygens (including phenoxy) is 1. The van der Waals surface area contributed by atoms with E-state index < -0.39 is 0 Å². The highest BCUT2D eigenvalue weighted by atomic mass is 19.1. The van der Waals surface area contributed by atoms with Gasteiger partial charge in [-0.25, -0.2) is 4.39 Å². The van der Waals surface area contributed by atoms with Gasteiger partial charge in [-0.1, -0.05) is 103 Å². The summed E-state index contributed by atoms with van der Waals surface area (Å²) in [5, 5.41) is 0. The van der Waals surface area contributed by atoms with Crippen molar-refractivity contribution in [2.45, 2.75) is 124 Å². The van der Waals surface area contributed by atoms with Crippen molar-refractivity contribution in [3.63, 3.8) is 0 Å². The van der Waals surface area contributed by atoms with Crippen molar-refractivity contribution in [1.29, 1.82) is 0 Å². The Balaban J connectivity index is 2.21. The highest BCUT2D eigenvalue weighted by Crippen LogP contribution is 2.25. The summed E-state index contributed by atoms with van der Waals surface area (Å²) >= 11 is 0. The summed E-state index contributed by atoms with van der Waals surface area (Å²) in [5.41, 5.74) is 1.92. The molecule has 162 valence electrons. The Hall–Kier alpha value is -1.05. The van der Waals surface area contributed by atoms with Crippen LogP contribution in [0.2, 0.25) is 0 Å². The van der Waals surface area contributed by atoms with Crippen molar-refractivity contribution in [3.05, 3.63) is 29.1 Å². The summed E-state index contributed by atoms with van der Waals surface area (Å²) in [5.74, 6) is 0.281. The summed E-state index contributed by atoms with van der Waals surface area (Å²) < 4.78 is 20.3. The van der Waals surface area contributed by atoms with Crippen molar-refractivity contribution in [1.82, 2.24) is 0 Å². The third-order valence-electron chi connectivity index (χ3n) is 5.77. The zero-order chi connectivity index (χ0) is 20.5. The van der Waals surface area contributed by atoms with Gasteiger partial charge in [0.25, 0.3) is 0 Å². The predicted octanol–water partition coefficient (Wildman–Crippen LogP) is 8.95. The van der Waals surface area contributed by atoms with Crippen LogP contribution in [0.4, 0.5) is 4.39 Å². The fourth-order valence-corrected chi connectivity index (χ4v) is 3.77. The molecule has 0 radical (unpaired) electrons. The fraction of sp³-hybridized carbons (Fsp3) is 0.769. The van der Waals surface area contributed by atoms with Gasteiger partial charge in [0.15, 0.2) is 11.6 Å². The van der Waals surface area contributed by atoms with Gasteiger partial charge in [0.2, 0.25) is 0 Å². The van der Waals surface area contributed by atoms with Crippen LogP contribution in [0, 0.1) is 12.7 Å². The molecule has 0 aliphatic heterocycles. The van der Waals surface area contributed by atoms with Gasteiger partial charge in [-0.15, -0.1) is 0 Å². The molecule has 1 aromatic carbocycles. The number of benzene rings is 1. The average Bonchev–Trinajstić information content (AvgIpc) is 2.70. The van der Waals surface area contributed by atoms with E-state index in [0.717, 1.165) is 30.4 Å². The van der Waals surface area contributed by atoms with E-state index in [1.807, 2.05) is 13.0 Å².